The molecule has 1 N–H and O–H groups in total. The topological polar surface area (TPSA) is 82.6 Å². The lowest BCUT2D eigenvalue weighted by atomic mass is 10.1. The van der Waals surface area contributed by atoms with Crippen LogP contribution in [-0.2, 0) is 10.2 Å². The highest BCUT2D eigenvalue weighted by molar-refractivity contribution is 7.90. The van der Waals surface area contributed by atoms with Gasteiger partial charge in [-0.1, -0.05) is 6.07 Å². The summed E-state index contributed by atoms with van der Waals surface area (Å²) in [5.74, 6) is -0.256. The number of carbonyl (C=O) groups excluding carboxylic acids is 1. The molecular weight excluding hydrogens is 376 g/mol. The second kappa shape index (κ2) is 7.21. The summed E-state index contributed by atoms with van der Waals surface area (Å²) in [6.45, 7) is 0.948. The Bertz CT molecular complexity index is 1130. The summed E-state index contributed by atoms with van der Waals surface area (Å²) in [6, 6.07) is 15.9. The number of hydrogen-bond acceptors (Lipinski definition) is 4. The minimum atomic E-state index is -3.50. The number of nitrogens with zero attached hydrogens (tertiary/aromatic N) is 3. The van der Waals surface area contributed by atoms with Crippen molar-refractivity contribution in [2.75, 3.05) is 29.8 Å². The van der Waals surface area contributed by atoms with Gasteiger partial charge in [0.15, 0.2) is 0 Å². The van der Waals surface area contributed by atoms with Crippen molar-refractivity contribution in [2.45, 2.75) is 6.42 Å². The average Bonchev–Trinajstić information content (AvgIpc) is 2.70. The lowest BCUT2D eigenvalue weighted by Crippen LogP contribution is -2.47. The largest absolute Gasteiger partial charge is 0.322 e. The molecule has 144 valence electrons. The molecule has 1 fully saturated rings. The molecule has 0 spiro atoms. The zero-order chi connectivity index (χ0) is 19.7. The van der Waals surface area contributed by atoms with Crippen molar-refractivity contribution >= 4 is 38.4 Å². The lowest BCUT2D eigenvalue weighted by Gasteiger charge is -2.33. The predicted molar refractivity (Wildman–Crippen MR) is 110 cm³/mol. The number of aromatic nitrogens is 1. The Morgan fingerprint density at radius 2 is 1.86 bits per heavy atom. The molecule has 0 aliphatic carbocycles. The molecule has 3 aromatic rings. The maximum Gasteiger partial charge on any atom is 0.303 e. The number of rotatable bonds is 3. The standard InChI is InChI=1S/C20H20N4O3S/c1-23-12-3-13-24(28(23,26)27)18-8-5-15(6-9-18)20(25)22-17-7-10-19-16(14-17)4-2-11-21-19/h2,4-11,14H,3,12-13H2,1H3,(H,22,25). The van der Waals surface area contributed by atoms with Crippen LogP contribution in [-0.4, -0.2) is 43.8 Å². The molecule has 1 aliphatic rings. The summed E-state index contributed by atoms with van der Waals surface area (Å²) in [4.78, 5) is 16.8. The van der Waals surface area contributed by atoms with E-state index in [0.717, 1.165) is 17.3 Å². The highest BCUT2D eigenvalue weighted by atomic mass is 32.2. The Labute approximate surface area is 163 Å². The fraction of sp³-hybridized carbons (Fsp3) is 0.200. The average molecular weight is 396 g/mol. The first-order chi connectivity index (χ1) is 13.4. The number of anilines is 2. The van der Waals surface area contributed by atoms with E-state index in [-0.39, 0.29) is 5.91 Å². The molecule has 1 saturated heterocycles. The van der Waals surface area contributed by atoms with E-state index in [1.807, 2.05) is 24.3 Å². The first-order valence-electron chi connectivity index (χ1n) is 8.95. The van der Waals surface area contributed by atoms with E-state index >= 15 is 0 Å². The van der Waals surface area contributed by atoms with Crippen LogP contribution in [0.3, 0.4) is 0 Å². The maximum absolute atomic E-state index is 12.6. The van der Waals surface area contributed by atoms with Crippen LogP contribution in [0.5, 0.6) is 0 Å². The Balaban J connectivity index is 1.52. The van der Waals surface area contributed by atoms with Gasteiger partial charge in [-0.05, 0) is 55.0 Å². The predicted octanol–water partition coefficient (Wildman–Crippen LogP) is 2.87. The van der Waals surface area contributed by atoms with Crippen molar-refractivity contribution in [3.63, 3.8) is 0 Å². The minimum absolute atomic E-state index is 0.256. The first kappa shape index (κ1) is 18.4. The van der Waals surface area contributed by atoms with Gasteiger partial charge in [0, 0.05) is 43.0 Å². The van der Waals surface area contributed by atoms with E-state index in [9.17, 15) is 13.2 Å². The Morgan fingerprint density at radius 1 is 1.07 bits per heavy atom. The zero-order valence-electron chi connectivity index (χ0n) is 15.4. The van der Waals surface area contributed by atoms with Crippen molar-refractivity contribution in [2.24, 2.45) is 0 Å². The number of fused-ring (bicyclic) bond motifs is 1. The molecule has 1 aliphatic heterocycles. The van der Waals surface area contributed by atoms with Crippen molar-refractivity contribution < 1.29 is 13.2 Å². The number of amides is 1. The number of hydrogen-bond donors (Lipinski definition) is 1. The minimum Gasteiger partial charge on any atom is -0.322 e. The Morgan fingerprint density at radius 3 is 2.64 bits per heavy atom. The summed E-state index contributed by atoms with van der Waals surface area (Å²) < 4.78 is 27.6. The van der Waals surface area contributed by atoms with Crippen molar-refractivity contribution in [3.05, 3.63) is 66.4 Å². The quantitative estimate of drug-likeness (QED) is 0.738. The van der Waals surface area contributed by atoms with Gasteiger partial charge >= 0.3 is 10.2 Å². The third-order valence-corrected chi connectivity index (χ3v) is 6.71. The van der Waals surface area contributed by atoms with Gasteiger partial charge in [-0.2, -0.15) is 12.7 Å². The fourth-order valence-electron chi connectivity index (χ4n) is 3.23. The van der Waals surface area contributed by atoms with Crippen molar-refractivity contribution in [1.82, 2.24) is 9.29 Å². The van der Waals surface area contributed by atoms with Gasteiger partial charge in [-0.3, -0.25) is 14.1 Å². The van der Waals surface area contributed by atoms with Crippen LogP contribution < -0.4 is 9.62 Å². The molecule has 0 saturated carbocycles. The summed E-state index contributed by atoms with van der Waals surface area (Å²) >= 11 is 0. The molecule has 28 heavy (non-hydrogen) atoms. The number of benzene rings is 2. The van der Waals surface area contributed by atoms with Crippen LogP contribution in [0.15, 0.2) is 60.8 Å². The van der Waals surface area contributed by atoms with E-state index < -0.39 is 10.2 Å². The van der Waals surface area contributed by atoms with Crippen molar-refractivity contribution in [1.29, 1.82) is 0 Å². The van der Waals surface area contributed by atoms with E-state index in [1.165, 1.54) is 8.61 Å². The second-order valence-electron chi connectivity index (χ2n) is 6.67. The molecule has 0 bridgehead atoms. The third-order valence-electron chi connectivity index (χ3n) is 4.78. The number of nitrogens with one attached hydrogen (secondary N) is 1. The number of carbonyl (C=O) groups is 1. The summed E-state index contributed by atoms with van der Waals surface area (Å²) in [7, 11) is -1.93. The smallest absolute Gasteiger partial charge is 0.303 e. The van der Waals surface area contributed by atoms with E-state index in [0.29, 0.717) is 30.0 Å². The van der Waals surface area contributed by atoms with E-state index in [1.54, 1.807) is 43.6 Å². The van der Waals surface area contributed by atoms with Crippen LogP contribution in [0.1, 0.15) is 16.8 Å². The molecule has 0 atom stereocenters. The zero-order valence-corrected chi connectivity index (χ0v) is 16.2. The lowest BCUT2D eigenvalue weighted by molar-refractivity contribution is 0.102. The van der Waals surface area contributed by atoms with Crippen LogP contribution in [0.25, 0.3) is 10.9 Å². The summed E-state index contributed by atoms with van der Waals surface area (Å²) in [6.07, 6.45) is 2.48. The molecule has 8 heteroatoms. The molecule has 1 amide bonds. The molecule has 0 unspecified atom stereocenters. The molecule has 1 aromatic heterocycles. The Kier molecular flexibility index (Phi) is 4.74. The molecule has 2 heterocycles. The Hall–Kier alpha value is -2.97. The van der Waals surface area contributed by atoms with Crippen LogP contribution in [0.4, 0.5) is 11.4 Å². The fourth-order valence-corrected chi connectivity index (χ4v) is 4.68. The first-order valence-corrected chi connectivity index (χ1v) is 10.3. The van der Waals surface area contributed by atoms with Gasteiger partial charge < -0.3 is 5.32 Å². The second-order valence-corrected chi connectivity index (χ2v) is 8.63. The molecule has 4 rings (SSSR count). The van der Waals surface area contributed by atoms with Gasteiger partial charge in [0.2, 0.25) is 0 Å². The van der Waals surface area contributed by atoms with Gasteiger partial charge in [0.1, 0.15) is 0 Å². The van der Waals surface area contributed by atoms with Gasteiger partial charge in [0.05, 0.1) is 11.2 Å². The molecule has 7 nitrogen and oxygen atoms in total. The summed E-state index contributed by atoms with van der Waals surface area (Å²) in [5.41, 5.74) is 2.55. The van der Waals surface area contributed by atoms with E-state index in [4.69, 9.17) is 0 Å². The SMILES string of the molecule is CN1CCCN(c2ccc(C(=O)Nc3ccc4ncccc4c3)cc2)S1(=O)=O. The van der Waals surface area contributed by atoms with Gasteiger partial charge in [-0.15, -0.1) is 0 Å². The third kappa shape index (κ3) is 3.44. The van der Waals surface area contributed by atoms with Crippen LogP contribution in [0, 0.1) is 0 Å². The van der Waals surface area contributed by atoms with Crippen LogP contribution in [0.2, 0.25) is 0 Å². The van der Waals surface area contributed by atoms with Crippen LogP contribution >= 0.6 is 0 Å². The highest BCUT2D eigenvalue weighted by Crippen LogP contribution is 2.24. The van der Waals surface area contributed by atoms with Gasteiger partial charge in [-0.25, -0.2) is 0 Å². The summed E-state index contributed by atoms with van der Waals surface area (Å²) in [5, 5.41) is 3.81. The van der Waals surface area contributed by atoms with Crippen molar-refractivity contribution in [3.8, 4) is 0 Å². The molecular formula is C20H20N4O3S. The highest BCUT2D eigenvalue weighted by Gasteiger charge is 2.30. The molecule has 2 aromatic carbocycles. The normalized spacial score (nSPS) is 16.8. The maximum atomic E-state index is 12.6. The van der Waals surface area contributed by atoms with Gasteiger partial charge in [0.25, 0.3) is 5.91 Å². The number of pyridine rings is 1. The van der Waals surface area contributed by atoms with E-state index in [2.05, 4.69) is 10.3 Å². The molecule has 0 radical (unpaired) electrons. The monoisotopic (exact) mass is 396 g/mol.